The molecule has 0 saturated carbocycles. The molecule has 0 aliphatic carbocycles. The van der Waals surface area contributed by atoms with Crippen molar-refractivity contribution < 1.29 is 23.9 Å². The molecule has 0 spiro atoms. The van der Waals surface area contributed by atoms with Gasteiger partial charge in [-0.1, -0.05) is 18.2 Å². The van der Waals surface area contributed by atoms with Gasteiger partial charge in [-0.2, -0.15) is 0 Å². The van der Waals surface area contributed by atoms with Gasteiger partial charge in [0.15, 0.2) is 12.7 Å². The lowest BCUT2D eigenvalue weighted by Crippen LogP contribution is -2.31. The number of rotatable bonds is 7. The summed E-state index contributed by atoms with van der Waals surface area (Å²) in [6.45, 7) is 1.15. The summed E-state index contributed by atoms with van der Waals surface area (Å²) < 4.78 is 10.3. The van der Waals surface area contributed by atoms with Crippen LogP contribution in [0.5, 0.6) is 5.75 Å². The van der Waals surface area contributed by atoms with Crippen LogP contribution in [0.15, 0.2) is 54.6 Å². The molecule has 0 heterocycles. The molecule has 1 amide bonds. The van der Waals surface area contributed by atoms with Crippen LogP contribution in [0.1, 0.15) is 17.3 Å². The second-order valence-corrected chi connectivity index (χ2v) is 4.96. The molecule has 2 aromatic rings. The maximum absolute atomic E-state index is 11.9. The first kappa shape index (κ1) is 17.2. The first-order chi connectivity index (χ1) is 11.6. The summed E-state index contributed by atoms with van der Waals surface area (Å²) in [5.41, 5.74) is 1.13. The predicted octanol–water partition coefficient (Wildman–Crippen LogP) is 2.45. The number of amides is 1. The Morgan fingerprint density at radius 1 is 1.08 bits per heavy atom. The van der Waals surface area contributed by atoms with Crippen LogP contribution in [0.2, 0.25) is 0 Å². The summed E-state index contributed by atoms with van der Waals surface area (Å²) in [5.74, 6) is -0.658. The lowest BCUT2D eigenvalue weighted by molar-refractivity contribution is -0.155. The van der Waals surface area contributed by atoms with E-state index < -0.39 is 18.0 Å². The van der Waals surface area contributed by atoms with E-state index in [2.05, 4.69) is 5.32 Å². The van der Waals surface area contributed by atoms with Crippen molar-refractivity contribution in [2.45, 2.75) is 13.0 Å². The fourth-order valence-corrected chi connectivity index (χ4v) is 1.83. The highest BCUT2D eigenvalue weighted by molar-refractivity contribution is 5.95. The van der Waals surface area contributed by atoms with E-state index in [0.29, 0.717) is 23.3 Å². The third-order valence-corrected chi connectivity index (χ3v) is 3.09. The summed E-state index contributed by atoms with van der Waals surface area (Å²) in [6, 6.07) is 15.2. The maximum Gasteiger partial charge on any atom is 0.344 e. The Bertz CT molecular complexity index is 697. The van der Waals surface area contributed by atoms with Crippen molar-refractivity contribution in [3.8, 4) is 5.75 Å². The van der Waals surface area contributed by atoms with E-state index in [4.69, 9.17) is 9.47 Å². The van der Waals surface area contributed by atoms with Crippen molar-refractivity contribution in [2.75, 3.05) is 11.9 Å². The van der Waals surface area contributed by atoms with Gasteiger partial charge in [-0.15, -0.1) is 0 Å². The van der Waals surface area contributed by atoms with Gasteiger partial charge in [0.25, 0.3) is 5.91 Å². The Hall–Kier alpha value is -3.15. The maximum atomic E-state index is 11.9. The largest absolute Gasteiger partial charge is 0.482 e. The van der Waals surface area contributed by atoms with E-state index in [9.17, 15) is 14.4 Å². The molecule has 24 heavy (non-hydrogen) atoms. The van der Waals surface area contributed by atoms with E-state index >= 15 is 0 Å². The van der Waals surface area contributed by atoms with Crippen molar-refractivity contribution in [1.29, 1.82) is 0 Å². The van der Waals surface area contributed by atoms with Crippen molar-refractivity contribution in [3.05, 3.63) is 60.2 Å². The average molecular weight is 327 g/mol. The first-order valence-electron chi connectivity index (χ1n) is 7.32. The highest BCUT2D eigenvalue weighted by Crippen LogP contribution is 2.11. The van der Waals surface area contributed by atoms with E-state index in [1.165, 1.54) is 6.92 Å². The zero-order valence-corrected chi connectivity index (χ0v) is 13.1. The summed E-state index contributed by atoms with van der Waals surface area (Å²) in [4.78, 5) is 34.2. The Kier molecular flexibility index (Phi) is 6.08. The van der Waals surface area contributed by atoms with Crippen molar-refractivity contribution in [3.63, 3.8) is 0 Å². The van der Waals surface area contributed by atoms with E-state index in [0.717, 1.165) is 0 Å². The molecule has 0 unspecified atom stereocenters. The molecule has 6 heteroatoms. The fraction of sp³-hybridized carbons (Fsp3) is 0.167. The zero-order valence-electron chi connectivity index (χ0n) is 13.1. The molecule has 0 aliphatic rings. The highest BCUT2D eigenvalue weighted by Gasteiger charge is 2.18. The van der Waals surface area contributed by atoms with Crippen molar-refractivity contribution >= 4 is 23.9 Å². The molecule has 2 rings (SSSR count). The number of aldehydes is 1. The van der Waals surface area contributed by atoms with E-state index in [1.807, 2.05) is 6.07 Å². The minimum atomic E-state index is -0.946. The van der Waals surface area contributed by atoms with E-state index in [1.54, 1.807) is 48.5 Å². The van der Waals surface area contributed by atoms with Gasteiger partial charge in [0.05, 0.1) is 0 Å². The van der Waals surface area contributed by atoms with Crippen LogP contribution in [0.3, 0.4) is 0 Å². The Morgan fingerprint density at radius 3 is 2.38 bits per heavy atom. The SMILES string of the molecule is C[C@@H](OC(=O)COc1ccc(C=O)cc1)C(=O)Nc1ccccc1. The molecule has 0 aromatic heterocycles. The number of carbonyl (C=O) groups is 3. The number of ether oxygens (including phenoxy) is 2. The summed E-state index contributed by atoms with van der Waals surface area (Å²) >= 11 is 0. The van der Waals surface area contributed by atoms with Crippen LogP contribution in [0.25, 0.3) is 0 Å². The molecule has 124 valence electrons. The second kappa shape index (κ2) is 8.47. The number of hydrogen-bond acceptors (Lipinski definition) is 5. The number of para-hydroxylation sites is 1. The smallest absolute Gasteiger partial charge is 0.344 e. The summed E-state index contributed by atoms with van der Waals surface area (Å²) in [5, 5.41) is 2.64. The standard InChI is InChI=1S/C18H17NO5/c1-13(18(22)19-15-5-3-2-4-6-15)24-17(21)12-23-16-9-7-14(11-20)8-10-16/h2-11,13H,12H2,1H3,(H,19,22)/t13-/m1/s1. The lowest BCUT2D eigenvalue weighted by atomic mass is 10.2. The monoisotopic (exact) mass is 327 g/mol. The molecule has 0 fully saturated rings. The van der Waals surface area contributed by atoms with Gasteiger partial charge >= 0.3 is 5.97 Å². The molecule has 1 atom stereocenters. The van der Waals surface area contributed by atoms with Crippen molar-refractivity contribution in [2.24, 2.45) is 0 Å². The van der Waals surface area contributed by atoms with E-state index in [-0.39, 0.29) is 6.61 Å². The number of esters is 1. The molecule has 0 aliphatic heterocycles. The number of anilines is 1. The van der Waals surface area contributed by atoms with Crippen LogP contribution >= 0.6 is 0 Å². The van der Waals surface area contributed by atoms with Crippen LogP contribution in [0.4, 0.5) is 5.69 Å². The molecule has 1 N–H and O–H groups in total. The molecule has 0 saturated heterocycles. The third-order valence-electron chi connectivity index (χ3n) is 3.09. The third kappa shape index (κ3) is 5.24. The Balaban J connectivity index is 1.78. The molecular formula is C18H17NO5. The van der Waals surface area contributed by atoms with Crippen LogP contribution < -0.4 is 10.1 Å². The molecule has 6 nitrogen and oxygen atoms in total. The van der Waals surface area contributed by atoms with Gasteiger partial charge in [0.2, 0.25) is 0 Å². The predicted molar refractivity (Wildman–Crippen MR) is 88.0 cm³/mol. The number of hydrogen-bond donors (Lipinski definition) is 1. The minimum Gasteiger partial charge on any atom is -0.482 e. The van der Waals surface area contributed by atoms with Crippen LogP contribution in [-0.2, 0) is 14.3 Å². The fourth-order valence-electron chi connectivity index (χ4n) is 1.83. The van der Waals surface area contributed by atoms with Crippen LogP contribution in [0, 0.1) is 0 Å². The zero-order chi connectivity index (χ0) is 17.4. The second-order valence-electron chi connectivity index (χ2n) is 4.96. The molecule has 2 aromatic carbocycles. The normalized spacial score (nSPS) is 11.2. The summed E-state index contributed by atoms with van der Waals surface area (Å²) in [6.07, 6.45) is -0.232. The van der Waals surface area contributed by atoms with Gasteiger partial charge in [-0.05, 0) is 43.3 Å². The minimum absolute atomic E-state index is 0.330. The highest BCUT2D eigenvalue weighted by atomic mass is 16.6. The summed E-state index contributed by atoms with van der Waals surface area (Å²) in [7, 11) is 0. The van der Waals surface area contributed by atoms with Crippen LogP contribution in [-0.4, -0.2) is 30.9 Å². The van der Waals surface area contributed by atoms with Gasteiger partial charge in [-0.3, -0.25) is 9.59 Å². The van der Waals surface area contributed by atoms with Gasteiger partial charge < -0.3 is 14.8 Å². The van der Waals surface area contributed by atoms with Crippen molar-refractivity contribution in [1.82, 2.24) is 0 Å². The number of nitrogens with one attached hydrogen (secondary N) is 1. The topological polar surface area (TPSA) is 81.7 Å². The van der Waals surface area contributed by atoms with Gasteiger partial charge in [0, 0.05) is 11.3 Å². The average Bonchev–Trinajstić information content (AvgIpc) is 2.61. The van der Waals surface area contributed by atoms with Gasteiger partial charge in [0.1, 0.15) is 12.0 Å². The Labute approximate surface area is 139 Å². The quantitative estimate of drug-likeness (QED) is 0.624. The lowest BCUT2D eigenvalue weighted by Gasteiger charge is -2.14. The first-order valence-corrected chi connectivity index (χ1v) is 7.32. The molecule has 0 bridgehead atoms. The molecular weight excluding hydrogens is 310 g/mol. The number of benzene rings is 2. The number of carbonyl (C=O) groups excluding carboxylic acids is 3. The molecule has 0 radical (unpaired) electrons. The Morgan fingerprint density at radius 2 is 1.75 bits per heavy atom. The van der Waals surface area contributed by atoms with Gasteiger partial charge in [-0.25, -0.2) is 4.79 Å².